The average Bonchev–Trinajstić information content (AvgIpc) is 2.37. The molecule has 1 rings (SSSR count). The van der Waals surface area contributed by atoms with Crippen LogP contribution in [0.2, 0.25) is 0 Å². The normalized spacial score (nSPS) is 11.7. The van der Waals surface area contributed by atoms with E-state index in [1.54, 1.807) is 24.3 Å². The summed E-state index contributed by atoms with van der Waals surface area (Å²) < 4.78 is 5.08. The zero-order chi connectivity index (χ0) is 14.3. The minimum atomic E-state index is -0.556. The van der Waals surface area contributed by atoms with Gasteiger partial charge in [-0.25, -0.2) is 0 Å². The molecular formula is C13H18N2O4. The van der Waals surface area contributed by atoms with Gasteiger partial charge in [0.2, 0.25) is 0 Å². The van der Waals surface area contributed by atoms with Gasteiger partial charge >= 0.3 is 0 Å². The maximum absolute atomic E-state index is 11.8. The highest BCUT2D eigenvalue weighted by Crippen LogP contribution is 2.12. The van der Waals surface area contributed by atoms with E-state index in [0.717, 1.165) is 0 Å². The third kappa shape index (κ3) is 5.39. The van der Waals surface area contributed by atoms with Crippen molar-refractivity contribution in [1.82, 2.24) is 5.32 Å². The summed E-state index contributed by atoms with van der Waals surface area (Å²) in [6.45, 7) is 1.65. The number of amides is 2. The molecule has 104 valence electrons. The Balaban J connectivity index is 2.55. The minimum Gasteiger partial charge on any atom is -0.484 e. The number of aliphatic hydroxyl groups excluding tert-OH is 1. The number of hydrogen-bond acceptors (Lipinski definition) is 4. The van der Waals surface area contributed by atoms with Crippen LogP contribution in [0, 0.1) is 0 Å². The molecule has 1 aromatic carbocycles. The molecule has 1 atom stereocenters. The summed E-state index contributed by atoms with van der Waals surface area (Å²) in [6.07, 6.45) is 0.506. The summed E-state index contributed by atoms with van der Waals surface area (Å²) in [6, 6.07) is 6.28. The second-order valence-corrected chi connectivity index (χ2v) is 4.17. The number of nitrogens with one attached hydrogen (secondary N) is 1. The predicted octanol–water partition coefficient (Wildman–Crippen LogP) is 0.0514. The molecule has 0 aliphatic heterocycles. The van der Waals surface area contributed by atoms with Gasteiger partial charge in [0.1, 0.15) is 5.75 Å². The fourth-order valence-electron chi connectivity index (χ4n) is 1.43. The summed E-state index contributed by atoms with van der Waals surface area (Å²) in [5, 5.41) is 11.5. The summed E-state index contributed by atoms with van der Waals surface area (Å²) in [7, 11) is 0. The monoisotopic (exact) mass is 266 g/mol. The highest BCUT2D eigenvalue weighted by Gasteiger charge is 2.09. The lowest BCUT2D eigenvalue weighted by atomic mass is 10.1. The van der Waals surface area contributed by atoms with Crippen molar-refractivity contribution >= 4 is 11.8 Å². The second-order valence-electron chi connectivity index (χ2n) is 4.17. The largest absolute Gasteiger partial charge is 0.484 e. The molecule has 4 N–H and O–H groups in total. The summed E-state index contributed by atoms with van der Waals surface area (Å²) in [5.41, 5.74) is 5.44. The summed E-state index contributed by atoms with van der Waals surface area (Å²) >= 11 is 0. The highest BCUT2D eigenvalue weighted by atomic mass is 16.5. The zero-order valence-electron chi connectivity index (χ0n) is 10.8. The number of ether oxygens (including phenoxy) is 1. The first-order valence-corrected chi connectivity index (χ1v) is 5.96. The highest BCUT2D eigenvalue weighted by molar-refractivity contribution is 5.94. The fraction of sp³-hybridized carbons (Fsp3) is 0.385. The van der Waals surface area contributed by atoms with Crippen LogP contribution in [0.3, 0.4) is 0 Å². The maximum Gasteiger partial charge on any atom is 0.255 e. The van der Waals surface area contributed by atoms with Crippen molar-refractivity contribution in [1.29, 1.82) is 0 Å². The molecule has 0 aliphatic carbocycles. The predicted molar refractivity (Wildman–Crippen MR) is 69.8 cm³/mol. The maximum atomic E-state index is 11.8. The van der Waals surface area contributed by atoms with Gasteiger partial charge in [-0.05, 0) is 37.6 Å². The second kappa shape index (κ2) is 7.38. The molecule has 0 bridgehead atoms. The lowest BCUT2D eigenvalue weighted by Crippen LogP contribution is -2.33. The van der Waals surface area contributed by atoms with E-state index in [-0.39, 0.29) is 25.2 Å². The minimum absolute atomic E-state index is 0.0291. The molecule has 0 saturated carbocycles. The van der Waals surface area contributed by atoms with Crippen LogP contribution in [0.5, 0.6) is 5.75 Å². The summed E-state index contributed by atoms with van der Waals surface area (Å²) in [4.78, 5) is 22.3. The van der Waals surface area contributed by atoms with Crippen molar-refractivity contribution in [2.24, 2.45) is 5.73 Å². The Labute approximate surface area is 111 Å². The van der Waals surface area contributed by atoms with Crippen LogP contribution in [0.4, 0.5) is 0 Å². The number of rotatable bonds is 7. The Kier molecular flexibility index (Phi) is 5.81. The van der Waals surface area contributed by atoms with Gasteiger partial charge < -0.3 is 20.9 Å². The molecule has 0 spiro atoms. The quantitative estimate of drug-likeness (QED) is 0.649. The summed E-state index contributed by atoms with van der Waals surface area (Å²) in [5.74, 6) is -0.305. The van der Waals surface area contributed by atoms with Gasteiger partial charge in [0.25, 0.3) is 11.8 Å². The van der Waals surface area contributed by atoms with E-state index in [9.17, 15) is 9.59 Å². The molecule has 19 heavy (non-hydrogen) atoms. The topological polar surface area (TPSA) is 102 Å². The van der Waals surface area contributed by atoms with Crippen molar-refractivity contribution < 1.29 is 19.4 Å². The number of aliphatic hydroxyl groups is 1. The lowest BCUT2D eigenvalue weighted by molar-refractivity contribution is -0.119. The van der Waals surface area contributed by atoms with Gasteiger partial charge in [-0.15, -0.1) is 0 Å². The molecule has 1 unspecified atom stereocenters. The first-order chi connectivity index (χ1) is 9.02. The molecule has 2 amide bonds. The van der Waals surface area contributed by atoms with Crippen LogP contribution in [0.15, 0.2) is 24.3 Å². The number of nitrogens with two attached hydrogens (primary N) is 1. The lowest BCUT2D eigenvalue weighted by Gasteiger charge is -2.12. The third-order valence-electron chi connectivity index (χ3n) is 2.44. The van der Waals surface area contributed by atoms with E-state index >= 15 is 0 Å². The fourth-order valence-corrected chi connectivity index (χ4v) is 1.43. The van der Waals surface area contributed by atoms with Crippen LogP contribution in [-0.4, -0.2) is 36.2 Å². The Bertz CT molecular complexity index is 431. The van der Waals surface area contributed by atoms with Gasteiger partial charge in [0, 0.05) is 18.2 Å². The number of carbonyl (C=O) groups is 2. The van der Waals surface area contributed by atoms with E-state index in [4.69, 9.17) is 15.6 Å². The van der Waals surface area contributed by atoms with Crippen LogP contribution in [-0.2, 0) is 4.79 Å². The van der Waals surface area contributed by atoms with Crippen LogP contribution in [0.25, 0.3) is 0 Å². The third-order valence-corrected chi connectivity index (χ3v) is 2.44. The Morgan fingerprint density at radius 2 is 2.00 bits per heavy atom. The standard InChI is InChI=1S/C13H18N2O4/c1-9(6-7-16)15-13(18)10-2-4-11(5-3-10)19-8-12(14)17/h2-5,9,16H,6-8H2,1H3,(H2,14,17)(H,15,18). The first kappa shape index (κ1) is 15.0. The first-order valence-electron chi connectivity index (χ1n) is 5.96. The number of primary amides is 1. The Morgan fingerprint density at radius 3 is 2.53 bits per heavy atom. The molecule has 0 heterocycles. The molecular weight excluding hydrogens is 248 g/mol. The van der Waals surface area contributed by atoms with E-state index in [1.165, 1.54) is 0 Å². The molecule has 0 fully saturated rings. The van der Waals surface area contributed by atoms with Crippen molar-refractivity contribution in [3.05, 3.63) is 29.8 Å². The molecule has 1 aromatic rings. The van der Waals surface area contributed by atoms with Crippen LogP contribution >= 0.6 is 0 Å². The smallest absolute Gasteiger partial charge is 0.255 e. The molecule has 0 aliphatic rings. The van der Waals surface area contributed by atoms with E-state index < -0.39 is 5.91 Å². The van der Waals surface area contributed by atoms with Gasteiger partial charge in [-0.3, -0.25) is 9.59 Å². The number of hydrogen-bond donors (Lipinski definition) is 3. The van der Waals surface area contributed by atoms with Crippen molar-refractivity contribution in [3.63, 3.8) is 0 Å². The van der Waals surface area contributed by atoms with E-state index in [0.29, 0.717) is 17.7 Å². The average molecular weight is 266 g/mol. The zero-order valence-corrected chi connectivity index (χ0v) is 10.8. The Hall–Kier alpha value is -2.08. The molecule has 0 saturated heterocycles. The number of carbonyl (C=O) groups excluding carboxylic acids is 2. The van der Waals surface area contributed by atoms with Gasteiger partial charge in [-0.1, -0.05) is 0 Å². The van der Waals surface area contributed by atoms with Crippen molar-refractivity contribution in [2.45, 2.75) is 19.4 Å². The van der Waals surface area contributed by atoms with E-state index in [2.05, 4.69) is 5.32 Å². The van der Waals surface area contributed by atoms with Gasteiger partial charge in [-0.2, -0.15) is 0 Å². The van der Waals surface area contributed by atoms with Crippen LogP contribution < -0.4 is 15.8 Å². The number of benzene rings is 1. The van der Waals surface area contributed by atoms with E-state index in [1.807, 2.05) is 6.92 Å². The van der Waals surface area contributed by atoms with Crippen molar-refractivity contribution in [2.75, 3.05) is 13.2 Å². The SMILES string of the molecule is CC(CCO)NC(=O)c1ccc(OCC(N)=O)cc1. The molecule has 6 heteroatoms. The Morgan fingerprint density at radius 1 is 1.37 bits per heavy atom. The van der Waals surface area contributed by atoms with Gasteiger partial charge in [0.15, 0.2) is 6.61 Å². The van der Waals surface area contributed by atoms with Crippen molar-refractivity contribution in [3.8, 4) is 5.75 Å². The molecule has 0 radical (unpaired) electrons. The molecule has 6 nitrogen and oxygen atoms in total. The van der Waals surface area contributed by atoms with Gasteiger partial charge in [0.05, 0.1) is 0 Å². The van der Waals surface area contributed by atoms with Crippen LogP contribution in [0.1, 0.15) is 23.7 Å². The molecule has 0 aromatic heterocycles.